The number of benzene rings is 2. The number of carbonyl (C=O) groups excluding carboxylic acids is 1. The predicted molar refractivity (Wildman–Crippen MR) is 117 cm³/mol. The van der Waals surface area contributed by atoms with Gasteiger partial charge in [-0.1, -0.05) is 35.0 Å². The van der Waals surface area contributed by atoms with E-state index in [0.717, 1.165) is 5.69 Å². The first-order valence-corrected chi connectivity index (χ1v) is 12.2. The Labute approximate surface area is 182 Å². The van der Waals surface area contributed by atoms with E-state index in [1.807, 2.05) is 4.90 Å². The molecule has 0 N–H and O–H groups in total. The molecule has 0 unspecified atom stereocenters. The number of halogens is 2. The number of anilines is 1. The van der Waals surface area contributed by atoms with E-state index in [1.54, 1.807) is 48.5 Å². The summed E-state index contributed by atoms with van der Waals surface area (Å²) in [5.74, 6) is 0.159. The highest BCUT2D eigenvalue weighted by Gasteiger charge is 2.49. The van der Waals surface area contributed by atoms with Gasteiger partial charge in [0.2, 0.25) is 0 Å². The van der Waals surface area contributed by atoms with Crippen molar-refractivity contribution in [2.45, 2.75) is 11.3 Å². The van der Waals surface area contributed by atoms with Crippen LogP contribution in [0.2, 0.25) is 10.0 Å². The molecule has 2 heterocycles. The fraction of sp³-hybridized carbons (Fsp3) is 0.263. The van der Waals surface area contributed by atoms with Gasteiger partial charge in [0.25, 0.3) is 5.91 Å². The van der Waals surface area contributed by atoms with Crippen molar-refractivity contribution in [2.24, 2.45) is 4.99 Å². The van der Waals surface area contributed by atoms with Crippen LogP contribution in [0.25, 0.3) is 0 Å². The number of sulfone groups is 1. The highest BCUT2D eigenvalue weighted by molar-refractivity contribution is 8.16. The zero-order chi connectivity index (χ0) is 20.6. The molecule has 2 fully saturated rings. The molecule has 6 nitrogen and oxygen atoms in total. The first-order chi connectivity index (χ1) is 13.8. The van der Waals surface area contributed by atoms with Gasteiger partial charge in [-0.25, -0.2) is 8.42 Å². The Morgan fingerprint density at radius 1 is 1.07 bits per heavy atom. The topological polar surface area (TPSA) is 76.0 Å². The summed E-state index contributed by atoms with van der Waals surface area (Å²) in [5.41, 5.74) is 0.747. The van der Waals surface area contributed by atoms with E-state index in [1.165, 1.54) is 11.8 Å². The number of carbonyl (C=O) groups is 1. The van der Waals surface area contributed by atoms with Crippen molar-refractivity contribution in [3.63, 3.8) is 0 Å². The molecule has 0 saturated carbocycles. The van der Waals surface area contributed by atoms with Gasteiger partial charge < -0.3 is 9.64 Å². The number of aliphatic imine (C=N–C) groups is 1. The number of hydrogen-bond acceptors (Lipinski definition) is 5. The first-order valence-electron chi connectivity index (χ1n) is 8.72. The molecule has 29 heavy (non-hydrogen) atoms. The summed E-state index contributed by atoms with van der Waals surface area (Å²) in [7, 11) is -3.12. The molecule has 10 heteroatoms. The fourth-order valence-electron chi connectivity index (χ4n) is 3.28. The van der Waals surface area contributed by atoms with Crippen LogP contribution in [0.4, 0.5) is 5.69 Å². The molecular formula is C19H16Cl2N2O4S2. The molecule has 0 aliphatic carbocycles. The Bertz CT molecular complexity index is 1060. The van der Waals surface area contributed by atoms with Crippen LogP contribution in [-0.4, -0.2) is 48.9 Å². The summed E-state index contributed by atoms with van der Waals surface area (Å²) in [6.07, 6.45) is 0. The zero-order valence-electron chi connectivity index (χ0n) is 15.0. The number of hydrogen-bond donors (Lipinski definition) is 0. The average molecular weight is 471 g/mol. The summed E-state index contributed by atoms with van der Waals surface area (Å²) in [5, 5.41) is 1.45. The lowest BCUT2D eigenvalue weighted by Gasteiger charge is -2.24. The maximum atomic E-state index is 12.4. The Morgan fingerprint density at radius 2 is 1.69 bits per heavy atom. The molecule has 2 aromatic carbocycles. The van der Waals surface area contributed by atoms with Crippen LogP contribution in [0.3, 0.4) is 0 Å². The SMILES string of the molecule is O=C(COc1ccc(Cl)cc1)N=C1S[C@H]2CS(=O)(=O)C[C@H]2N1c1ccc(Cl)cc1. The van der Waals surface area contributed by atoms with Gasteiger partial charge in [0.05, 0.1) is 17.5 Å². The van der Waals surface area contributed by atoms with Crippen LogP contribution in [0.1, 0.15) is 0 Å². The first kappa shape index (κ1) is 20.5. The molecule has 4 rings (SSSR count). The number of amidine groups is 1. The van der Waals surface area contributed by atoms with Crippen molar-refractivity contribution in [1.82, 2.24) is 0 Å². The maximum Gasteiger partial charge on any atom is 0.285 e. The summed E-state index contributed by atoms with van der Waals surface area (Å²) in [6.45, 7) is -0.228. The maximum absolute atomic E-state index is 12.4. The largest absolute Gasteiger partial charge is 0.484 e. The average Bonchev–Trinajstić information content (AvgIpc) is 3.13. The molecule has 0 aromatic heterocycles. The molecule has 2 aliphatic rings. The minimum atomic E-state index is -3.12. The molecule has 0 spiro atoms. The van der Waals surface area contributed by atoms with E-state index in [-0.39, 0.29) is 29.4 Å². The lowest BCUT2D eigenvalue weighted by atomic mass is 10.2. The van der Waals surface area contributed by atoms with E-state index in [9.17, 15) is 13.2 Å². The van der Waals surface area contributed by atoms with Crippen molar-refractivity contribution in [1.29, 1.82) is 0 Å². The Kier molecular flexibility index (Phi) is 5.79. The molecule has 1 amide bonds. The third-order valence-corrected chi connectivity index (χ3v) is 8.28. The van der Waals surface area contributed by atoms with Gasteiger partial charge in [-0.15, -0.1) is 0 Å². The van der Waals surface area contributed by atoms with Crippen molar-refractivity contribution in [3.05, 3.63) is 58.6 Å². The van der Waals surface area contributed by atoms with E-state index in [0.29, 0.717) is 21.0 Å². The number of fused-ring (bicyclic) bond motifs is 1. The molecule has 2 atom stereocenters. The second-order valence-corrected chi connectivity index (χ2v) is 10.9. The second-order valence-electron chi connectivity index (χ2n) is 6.68. The van der Waals surface area contributed by atoms with Crippen LogP contribution < -0.4 is 9.64 Å². The predicted octanol–water partition coefficient (Wildman–Crippen LogP) is 3.67. The van der Waals surface area contributed by atoms with Crippen LogP contribution in [0.5, 0.6) is 5.75 Å². The highest BCUT2D eigenvalue weighted by Crippen LogP contribution is 2.41. The van der Waals surface area contributed by atoms with Crippen LogP contribution >= 0.6 is 35.0 Å². The molecule has 0 bridgehead atoms. The summed E-state index contributed by atoms with van der Waals surface area (Å²) in [4.78, 5) is 18.4. The molecule has 2 aliphatic heterocycles. The van der Waals surface area contributed by atoms with Gasteiger partial charge >= 0.3 is 0 Å². The lowest BCUT2D eigenvalue weighted by Crippen LogP contribution is -2.37. The second kappa shape index (κ2) is 8.18. The van der Waals surface area contributed by atoms with Gasteiger partial charge in [-0.3, -0.25) is 4.79 Å². The normalized spacial score (nSPS) is 23.9. The van der Waals surface area contributed by atoms with E-state index in [2.05, 4.69) is 4.99 Å². The number of thioether (sulfide) groups is 1. The third-order valence-electron chi connectivity index (χ3n) is 4.57. The fourth-order valence-corrected chi connectivity index (χ4v) is 7.47. The summed E-state index contributed by atoms with van der Waals surface area (Å²) in [6, 6.07) is 13.4. The molecule has 152 valence electrons. The molecular weight excluding hydrogens is 455 g/mol. The van der Waals surface area contributed by atoms with Crippen molar-refractivity contribution in [3.8, 4) is 5.75 Å². The van der Waals surface area contributed by atoms with Crippen molar-refractivity contribution >= 4 is 61.6 Å². The number of amides is 1. The molecule has 2 aromatic rings. The molecule has 2 saturated heterocycles. The summed E-state index contributed by atoms with van der Waals surface area (Å²) < 4.78 is 29.6. The minimum Gasteiger partial charge on any atom is -0.484 e. The van der Waals surface area contributed by atoms with Gasteiger partial charge in [0, 0.05) is 21.0 Å². The van der Waals surface area contributed by atoms with Crippen LogP contribution in [0.15, 0.2) is 53.5 Å². The lowest BCUT2D eigenvalue weighted by molar-refractivity contribution is -0.119. The monoisotopic (exact) mass is 470 g/mol. The molecule has 0 radical (unpaired) electrons. The van der Waals surface area contributed by atoms with Crippen LogP contribution in [-0.2, 0) is 14.6 Å². The Hall–Kier alpha value is -1.74. The van der Waals surface area contributed by atoms with Crippen molar-refractivity contribution in [2.75, 3.05) is 23.0 Å². The van der Waals surface area contributed by atoms with Gasteiger partial charge in [-0.05, 0) is 48.5 Å². The number of ether oxygens (including phenoxy) is 1. The van der Waals surface area contributed by atoms with Gasteiger partial charge in [-0.2, -0.15) is 4.99 Å². The van der Waals surface area contributed by atoms with Gasteiger partial charge in [0.1, 0.15) is 5.75 Å². The quantitative estimate of drug-likeness (QED) is 0.678. The van der Waals surface area contributed by atoms with Crippen LogP contribution in [0, 0.1) is 0 Å². The third kappa shape index (κ3) is 4.71. The highest BCUT2D eigenvalue weighted by atomic mass is 35.5. The van der Waals surface area contributed by atoms with Crippen molar-refractivity contribution < 1.29 is 17.9 Å². The summed E-state index contributed by atoms with van der Waals surface area (Å²) >= 11 is 13.1. The van der Waals surface area contributed by atoms with Gasteiger partial charge in [0.15, 0.2) is 21.6 Å². The number of nitrogens with zero attached hydrogens (tertiary/aromatic N) is 2. The minimum absolute atomic E-state index is 0.0295. The smallest absolute Gasteiger partial charge is 0.285 e. The zero-order valence-corrected chi connectivity index (χ0v) is 18.1. The standard InChI is InChI=1S/C19H16Cl2N2O4S2/c20-12-1-5-14(6-2-12)23-16-10-29(25,26)11-17(16)28-19(23)22-18(24)9-27-15-7-3-13(21)4-8-15/h1-8,16-17H,9-11H2/t16-,17+/m1/s1. The Morgan fingerprint density at radius 3 is 2.34 bits per heavy atom. The van der Waals surface area contributed by atoms with E-state index in [4.69, 9.17) is 27.9 Å². The van der Waals surface area contributed by atoms with E-state index < -0.39 is 15.7 Å². The van der Waals surface area contributed by atoms with E-state index >= 15 is 0 Å². The Balaban J connectivity index is 1.54. The number of rotatable bonds is 4.